The van der Waals surface area contributed by atoms with Crippen molar-refractivity contribution in [2.24, 2.45) is 0 Å². The number of aromatic nitrogens is 4. The Bertz CT molecular complexity index is 1370. The van der Waals surface area contributed by atoms with E-state index in [0.717, 1.165) is 31.5 Å². The molecule has 0 aliphatic carbocycles. The van der Waals surface area contributed by atoms with E-state index in [4.69, 9.17) is 20.9 Å². The van der Waals surface area contributed by atoms with Crippen molar-refractivity contribution in [3.05, 3.63) is 59.0 Å². The lowest BCUT2D eigenvalue weighted by Gasteiger charge is -2.34. The highest BCUT2D eigenvalue weighted by molar-refractivity contribution is 6.33. The van der Waals surface area contributed by atoms with Crippen LogP contribution in [0.15, 0.2) is 52.7 Å². The van der Waals surface area contributed by atoms with Crippen molar-refractivity contribution < 1.29 is 14.4 Å². The quantitative estimate of drug-likeness (QED) is 0.296. The topological polar surface area (TPSA) is 112 Å². The molecule has 0 amide bonds. The number of halogens is 1. The van der Waals surface area contributed by atoms with Gasteiger partial charge in [0.05, 0.1) is 16.2 Å². The summed E-state index contributed by atoms with van der Waals surface area (Å²) >= 11 is 6.59. The Balaban J connectivity index is 1.29. The van der Waals surface area contributed by atoms with E-state index in [9.17, 15) is 5.11 Å². The Morgan fingerprint density at radius 3 is 2.67 bits per heavy atom. The van der Waals surface area contributed by atoms with E-state index in [1.807, 2.05) is 12.1 Å². The fraction of sp³-hybridized carbons (Fsp3) is 0.346. The molecule has 0 radical (unpaired) electrons. The monoisotopic (exact) mass is 508 g/mol. The maximum atomic E-state index is 9.37. The van der Waals surface area contributed by atoms with Crippen LogP contribution in [-0.2, 0) is 0 Å². The first kappa shape index (κ1) is 24.0. The molecule has 1 saturated heterocycles. The first-order chi connectivity index (χ1) is 17.4. The lowest BCUT2D eigenvalue weighted by Crippen LogP contribution is -2.41. The van der Waals surface area contributed by atoms with Gasteiger partial charge in [-0.1, -0.05) is 29.8 Å². The number of benzene rings is 1. The van der Waals surface area contributed by atoms with Gasteiger partial charge >= 0.3 is 0 Å². The Kier molecular flexibility index (Phi) is 6.73. The number of hydrogen-bond donors (Lipinski definition) is 3. The fourth-order valence-electron chi connectivity index (χ4n) is 4.37. The molecule has 0 bridgehead atoms. The lowest BCUT2D eigenvalue weighted by atomic mass is 10.0. The number of nitrogens with one attached hydrogen (secondary N) is 2. The number of fused-ring (bicyclic) bond motifs is 1. The third-order valence-corrected chi connectivity index (χ3v) is 6.76. The van der Waals surface area contributed by atoms with Crippen LogP contribution in [0.4, 0.5) is 5.69 Å². The first-order valence-electron chi connectivity index (χ1n) is 12.0. The zero-order valence-electron chi connectivity index (χ0n) is 20.5. The summed E-state index contributed by atoms with van der Waals surface area (Å²) in [6.45, 7) is 7.97. The second kappa shape index (κ2) is 10.1. The van der Waals surface area contributed by atoms with Crippen LogP contribution in [0.3, 0.4) is 0 Å². The van der Waals surface area contributed by atoms with E-state index >= 15 is 0 Å². The first-order valence-corrected chi connectivity index (χ1v) is 12.4. The summed E-state index contributed by atoms with van der Waals surface area (Å²) in [7, 11) is 0. The summed E-state index contributed by atoms with van der Waals surface area (Å²) in [5.41, 5.74) is 5.16. The molecule has 10 heteroatoms. The summed E-state index contributed by atoms with van der Waals surface area (Å²) in [5, 5.41) is 16.9. The SMILES string of the molecule is CC=C(C)NC1CCN(c2ccc(-c3nc4nc(OC(C)c5cc(O)no5)[nH]c4cc3Cl)cc2)CC1. The molecular weight excluding hydrogens is 480 g/mol. The van der Waals surface area contributed by atoms with Crippen LogP contribution in [0.2, 0.25) is 5.02 Å². The van der Waals surface area contributed by atoms with Crippen LogP contribution in [0, 0.1) is 0 Å². The average molecular weight is 509 g/mol. The third kappa shape index (κ3) is 5.11. The van der Waals surface area contributed by atoms with Crippen LogP contribution < -0.4 is 15.0 Å². The Hall–Kier alpha value is -3.72. The van der Waals surface area contributed by atoms with Gasteiger partial charge in [0.25, 0.3) is 11.9 Å². The van der Waals surface area contributed by atoms with E-state index in [2.05, 4.69) is 62.4 Å². The molecule has 1 aromatic carbocycles. The molecule has 1 atom stereocenters. The summed E-state index contributed by atoms with van der Waals surface area (Å²) in [5.74, 6) is 0.184. The van der Waals surface area contributed by atoms with Gasteiger partial charge in [0, 0.05) is 42.1 Å². The maximum Gasteiger partial charge on any atom is 0.296 e. The summed E-state index contributed by atoms with van der Waals surface area (Å²) in [4.78, 5) is 14.6. The molecule has 4 heterocycles. The molecule has 9 nitrogen and oxygen atoms in total. The second-order valence-electron chi connectivity index (χ2n) is 9.00. The van der Waals surface area contributed by atoms with Gasteiger partial charge in [-0.3, -0.25) is 0 Å². The van der Waals surface area contributed by atoms with Crippen molar-refractivity contribution in [2.75, 3.05) is 18.0 Å². The highest BCUT2D eigenvalue weighted by Crippen LogP contribution is 2.32. The number of anilines is 1. The number of allylic oxidation sites excluding steroid dienone is 2. The van der Waals surface area contributed by atoms with Gasteiger partial charge in [0.2, 0.25) is 0 Å². The van der Waals surface area contributed by atoms with Crippen molar-refractivity contribution in [3.8, 4) is 23.1 Å². The zero-order chi connectivity index (χ0) is 25.2. The fourth-order valence-corrected chi connectivity index (χ4v) is 4.63. The van der Waals surface area contributed by atoms with Gasteiger partial charge < -0.3 is 29.6 Å². The van der Waals surface area contributed by atoms with Crippen molar-refractivity contribution in [3.63, 3.8) is 0 Å². The number of piperidine rings is 1. The number of ether oxygens (including phenoxy) is 1. The van der Waals surface area contributed by atoms with Gasteiger partial charge in [0.15, 0.2) is 17.5 Å². The number of rotatable bonds is 7. The largest absolute Gasteiger partial charge is 0.491 e. The average Bonchev–Trinajstić information content (AvgIpc) is 3.49. The number of aromatic amines is 1. The van der Waals surface area contributed by atoms with Crippen LogP contribution in [0.5, 0.6) is 11.9 Å². The van der Waals surface area contributed by atoms with E-state index in [-0.39, 0.29) is 11.9 Å². The third-order valence-electron chi connectivity index (χ3n) is 6.48. The summed E-state index contributed by atoms with van der Waals surface area (Å²) in [6, 6.07) is 12.3. The Morgan fingerprint density at radius 2 is 2.00 bits per heavy atom. The number of nitrogens with zero attached hydrogens (tertiary/aromatic N) is 4. The molecule has 188 valence electrons. The van der Waals surface area contributed by atoms with Crippen molar-refractivity contribution in [1.29, 1.82) is 0 Å². The Labute approximate surface area is 214 Å². The minimum atomic E-state index is -0.505. The van der Waals surface area contributed by atoms with Crippen LogP contribution in [0.25, 0.3) is 22.4 Å². The molecule has 5 rings (SSSR count). The standard InChI is InChI=1S/C26H29ClN6O3/c1-4-15(2)28-18-9-11-33(12-10-18)19-7-5-17(6-8-19)24-20(27)13-21-25(30-24)31-26(29-21)35-16(3)22-14-23(34)32-36-22/h4-8,13-14,16,18,28H,9-12H2,1-3H3,(H,32,34)(H,29,30,31). The molecule has 0 spiro atoms. The maximum absolute atomic E-state index is 9.37. The molecular formula is C26H29ClN6O3. The van der Waals surface area contributed by atoms with Gasteiger partial charge in [-0.05, 0) is 57.0 Å². The molecule has 1 aliphatic rings. The number of pyridine rings is 1. The molecule has 36 heavy (non-hydrogen) atoms. The lowest BCUT2D eigenvalue weighted by molar-refractivity contribution is 0.169. The predicted octanol–water partition coefficient (Wildman–Crippen LogP) is 5.59. The van der Waals surface area contributed by atoms with Crippen molar-refractivity contribution >= 4 is 28.5 Å². The molecule has 1 unspecified atom stereocenters. The van der Waals surface area contributed by atoms with E-state index in [1.165, 1.54) is 17.5 Å². The number of H-pyrrole nitrogens is 1. The van der Waals surface area contributed by atoms with Gasteiger partial charge in [-0.25, -0.2) is 4.98 Å². The highest BCUT2D eigenvalue weighted by atomic mass is 35.5. The van der Waals surface area contributed by atoms with Gasteiger partial charge in [0.1, 0.15) is 0 Å². The smallest absolute Gasteiger partial charge is 0.296 e. The second-order valence-corrected chi connectivity index (χ2v) is 9.41. The number of aromatic hydroxyl groups is 1. The molecule has 4 aromatic rings. The van der Waals surface area contributed by atoms with Crippen molar-refractivity contribution in [2.45, 2.75) is 45.8 Å². The number of hydrogen-bond acceptors (Lipinski definition) is 8. The predicted molar refractivity (Wildman–Crippen MR) is 139 cm³/mol. The summed E-state index contributed by atoms with van der Waals surface area (Å²) < 4.78 is 10.8. The summed E-state index contributed by atoms with van der Waals surface area (Å²) in [6.07, 6.45) is 3.83. The molecule has 1 fully saturated rings. The molecule has 3 N–H and O–H groups in total. The highest BCUT2D eigenvalue weighted by Gasteiger charge is 2.20. The van der Waals surface area contributed by atoms with E-state index in [0.29, 0.717) is 33.7 Å². The minimum absolute atomic E-state index is 0.199. The van der Waals surface area contributed by atoms with Gasteiger partial charge in [-0.2, -0.15) is 4.98 Å². The molecule has 0 saturated carbocycles. The zero-order valence-corrected chi connectivity index (χ0v) is 21.2. The van der Waals surface area contributed by atoms with Crippen LogP contribution in [-0.4, -0.2) is 44.3 Å². The number of imidazole rings is 1. The van der Waals surface area contributed by atoms with Gasteiger partial charge in [-0.15, -0.1) is 0 Å². The molecule has 3 aromatic heterocycles. The van der Waals surface area contributed by atoms with Crippen molar-refractivity contribution in [1.82, 2.24) is 25.4 Å². The van der Waals surface area contributed by atoms with E-state index in [1.54, 1.807) is 13.0 Å². The molecule has 1 aliphatic heterocycles. The minimum Gasteiger partial charge on any atom is -0.491 e. The normalized spacial score (nSPS) is 15.9. The van der Waals surface area contributed by atoms with Crippen LogP contribution in [0.1, 0.15) is 45.5 Å². The Morgan fingerprint density at radius 1 is 1.25 bits per heavy atom. The van der Waals surface area contributed by atoms with Crippen LogP contribution >= 0.6 is 11.6 Å². The van der Waals surface area contributed by atoms with E-state index < -0.39 is 6.10 Å².